The van der Waals surface area contributed by atoms with Gasteiger partial charge in [-0.05, 0) is 26.0 Å². The van der Waals surface area contributed by atoms with Crippen LogP contribution < -0.4 is 0 Å². The SMILES string of the molecule is COC(=O)c1cc(C(C)=O)cc(C)n1. The van der Waals surface area contributed by atoms with Crippen LogP contribution >= 0.6 is 0 Å². The number of carbonyl (C=O) groups excluding carboxylic acids is 2. The number of aromatic nitrogens is 1. The van der Waals surface area contributed by atoms with Crippen molar-refractivity contribution in [1.82, 2.24) is 4.98 Å². The number of pyridine rings is 1. The zero-order chi connectivity index (χ0) is 10.7. The number of methoxy groups -OCH3 is 1. The minimum absolute atomic E-state index is 0.0966. The van der Waals surface area contributed by atoms with Crippen LogP contribution in [0.4, 0.5) is 0 Å². The van der Waals surface area contributed by atoms with Gasteiger partial charge in [-0.1, -0.05) is 0 Å². The van der Waals surface area contributed by atoms with Crippen LogP contribution in [-0.4, -0.2) is 23.8 Å². The Morgan fingerprint density at radius 3 is 2.50 bits per heavy atom. The molecule has 0 aliphatic rings. The van der Waals surface area contributed by atoms with Crippen LogP contribution in [0.1, 0.15) is 33.5 Å². The molecule has 0 spiro atoms. The predicted molar refractivity (Wildman–Crippen MR) is 50.3 cm³/mol. The summed E-state index contributed by atoms with van der Waals surface area (Å²) < 4.78 is 4.51. The molecule has 0 aliphatic carbocycles. The van der Waals surface area contributed by atoms with E-state index < -0.39 is 5.97 Å². The lowest BCUT2D eigenvalue weighted by Crippen LogP contribution is -2.07. The molecule has 4 heteroatoms. The van der Waals surface area contributed by atoms with Gasteiger partial charge < -0.3 is 4.74 Å². The first-order chi connectivity index (χ1) is 6.54. The minimum atomic E-state index is -0.531. The summed E-state index contributed by atoms with van der Waals surface area (Å²) in [7, 11) is 1.28. The summed E-state index contributed by atoms with van der Waals surface area (Å²) in [4.78, 5) is 26.2. The molecule has 0 unspecified atom stereocenters. The summed E-state index contributed by atoms with van der Waals surface area (Å²) in [6.45, 7) is 3.16. The number of aryl methyl sites for hydroxylation is 1. The largest absolute Gasteiger partial charge is 0.464 e. The van der Waals surface area contributed by atoms with E-state index in [0.29, 0.717) is 11.3 Å². The lowest BCUT2D eigenvalue weighted by molar-refractivity contribution is 0.0594. The average Bonchev–Trinajstić information content (AvgIpc) is 2.15. The van der Waals surface area contributed by atoms with Crippen molar-refractivity contribution in [1.29, 1.82) is 0 Å². The van der Waals surface area contributed by atoms with Crippen LogP contribution in [0, 0.1) is 6.92 Å². The molecule has 0 N–H and O–H groups in total. The smallest absolute Gasteiger partial charge is 0.356 e. The second-order valence-corrected chi connectivity index (χ2v) is 2.93. The van der Waals surface area contributed by atoms with E-state index in [0.717, 1.165) is 0 Å². The van der Waals surface area contributed by atoms with Crippen molar-refractivity contribution in [2.45, 2.75) is 13.8 Å². The van der Waals surface area contributed by atoms with E-state index in [9.17, 15) is 9.59 Å². The van der Waals surface area contributed by atoms with Gasteiger partial charge in [-0.2, -0.15) is 0 Å². The van der Waals surface area contributed by atoms with Gasteiger partial charge >= 0.3 is 5.97 Å². The van der Waals surface area contributed by atoms with Crippen LogP contribution in [-0.2, 0) is 4.74 Å². The molecule has 1 heterocycles. The monoisotopic (exact) mass is 193 g/mol. The second kappa shape index (κ2) is 4.00. The molecule has 74 valence electrons. The van der Waals surface area contributed by atoms with Crippen molar-refractivity contribution in [3.63, 3.8) is 0 Å². The number of esters is 1. The van der Waals surface area contributed by atoms with Crippen molar-refractivity contribution in [3.8, 4) is 0 Å². The molecule has 0 amide bonds. The number of carbonyl (C=O) groups is 2. The third kappa shape index (κ3) is 2.16. The van der Waals surface area contributed by atoms with Gasteiger partial charge in [0, 0.05) is 11.3 Å². The van der Waals surface area contributed by atoms with E-state index in [1.165, 1.54) is 20.1 Å². The molecule has 0 aromatic carbocycles. The fourth-order valence-corrected chi connectivity index (χ4v) is 1.08. The minimum Gasteiger partial charge on any atom is -0.464 e. The third-order valence-electron chi connectivity index (χ3n) is 1.75. The predicted octanol–water partition coefficient (Wildman–Crippen LogP) is 1.38. The van der Waals surface area contributed by atoms with Gasteiger partial charge in [0.2, 0.25) is 0 Å². The van der Waals surface area contributed by atoms with Crippen molar-refractivity contribution in [2.75, 3.05) is 7.11 Å². The van der Waals surface area contributed by atoms with Crippen molar-refractivity contribution in [2.24, 2.45) is 0 Å². The van der Waals surface area contributed by atoms with Crippen molar-refractivity contribution >= 4 is 11.8 Å². The summed E-state index contributed by atoms with van der Waals surface area (Å²) in [6.07, 6.45) is 0. The molecule has 0 aliphatic heterocycles. The average molecular weight is 193 g/mol. The topological polar surface area (TPSA) is 56.3 Å². The summed E-state index contributed by atoms with van der Waals surface area (Å²) >= 11 is 0. The normalized spacial score (nSPS) is 9.64. The molecular weight excluding hydrogens is 182 g/mol. The summed E-state index contributed by atoms with van der Waals surface area (Å²) in [5, 5.41) is 0. The fourth-order valence-electron chi connectivity index (χ4n) is 1.08. The van der Waals surface area contributed by atoms with Crippen LogP contribution in [0.2, 0.25) is 0 Å². The molecule has 0 saturated carbocycles. The Labute approximate surface area is 81.9 Å². The molecule has 1 aromatic rings. The number of ether oxygens (including phenoxy) is 1. The summed E-state index contributed by atoms with van der Waals surface area (Å²) in [6, 6.07) is 3.07. The highest BCUT2D eigenvalue weighted by Crippen LogP contribution is 2.07. The van der Waals surface area contributed by atoms with Gasteiger partial charge in [-0.3, -0.25) is 4.79 Å². The molecule has 4 nitrogen and oxygen atoms in total. The van der Waals surface area contributed by atoms with Gasteiger partial charge in [-0.15, -0.1) is 0 Å². The molecule has 14 heavy (non-hydrogen) atoms. The maximum absolute atomic E-state index is 11.1. The first kappa shape index (κ1) is 10.4. The van der Waals surface area contributed by atoms with Gasteiger partial charge in [0.1, 0.15) is 5.69 Å². The Hall–Kier alpha value is -1.71. The van der Waals surface area contributed by atoms with Gasteiger partial charge in [0.15, 0.2) is 5.78 Å². The molecule has 0 bridgehead atoms. The highest BCUT2D eigenvalue weighted by molar-refractivity contribution is 5.97. The molecule has 0 saturated heterocycles. The first-order valence-electron chi connectivity index (χ1n) is 4.12. The molecular formula is C10H11NO3. The maximum atomic E-state index is 11.1. The Morgan fingerprint density at radius 2 is 2.00 bits per heavy atom. The highest BCUT2D eigenvalue weighted by Gasteiger charge is 2.10. The molecule has 0 fully saturated rings. The maximum Gasteiger partial charge on any atom is 0.356 e. The lowest BCUT2D eigenvalue weighted by atomic mass is 10.1. The molecule has 1 rings (SSSR count). The first-order valence-corrected chi connectivity index (χ1v) is 4.12. The number of hydrogen-bond donors (Lipinski definition) is 0. The highest BCUT2D eigenvalue weighted by atomic mass is 16.5. The number of hydrogen-bond acceptors (Lipinski definition) is 4. The second-order valence-electron chi connectivity index (χ2n) is 2.93. The summed E-state index contributed by atoms with van der Waals surface area (Å²) in [5.41, 5.74) is 1.26. The third-order valence-corrected chi connectivity index (χ3v) is 1.75. The van der Waals surface area contributed by atoms with E-state index in [4.69, 9.17) is 0 Å². The number of rotatable bonds is 2. The Morgan fingerprint density at radius 1 is 1.36 bits per heavy atom. The fraction of sp³-hybridized carbons (Fsp3) is 0.300. The zero-order valence-electron chi connectivity index (χ0n) is 8.33. The summed E-state index contributed by atoms with van der Waals surface area (Å²) in [5.74, 6) is -0.628. The van der Waals surface area contributed by atoms with Crippen molar-refractivity contribution < 1.29 is 14.3 Å². The number of ketones is 1. The lowest BCUT2D eigenvalue weighted by Gasteiger charge is -2.02. The molecule has 0 radical (unpaired) electrons. The van der Waals surface area contributed by atoms with Crippen LogP contribution in [0.5, 0.6) is 0 Å². The van der Waals surface area contributed by atoms with Crippen LogP contribution in [0.25, 0.3) is 0 Å². The Balaban J connectivity index is 3.20. The van der Waals surface area contributed by atoms with E-state index in [2.05, 4.69) is 9.72 Å². The van der Waals surface area contributed by atoms with E-state index in [-0.39, 0.29) is 11.5 Å². The Bertz CT molecular complexity index is 385. The van der Waals surface area contributed by atoms with Crippen LogP contribution in [0.3, 0.4) is 0 Å². The standard InChI is InChI=1S/C10H11NO3/c1-6-4-8(7(2)12)5-9(11-6)10(13)14-3/h4-5H,1-3H3. The number of nitrogens with zero attached hydrogens (tertiary/aromatic N) is 1. The van der Waals surface area contributed by atoms with E-state index in [1.54, 1.807) is 13.0 Å². The Kier molecular flexibility index (Phi) is 2.96. The van der Waals surface area contributed by atoms with Gasteiger partial charge in [0.05, 0.1) is 7.11 Å². The van der Waals surface area contributed by atoms with E-state index in [1.807, 2.05) is 0 Å². The van der Waals surface area contributed by atoms with Crippen LogP contribution in [0.15, 0.2) is 12.1 Å². The van der Waals surface area contributed by atoms with Gasteiger partial charge in [0.25, 0.3) is 0 Å². The number of Topliss-reactive ketones (excluding diaryl/α,β-unsaturated/α-hetero) is 1. The van der Waals surface area contributed by atoms with Crippen molar-refractivity contribution in [3.05, 3.63) is 29.1 Å². The zero-order valence-corrected chi connectivity index (χ0v) is 8.33. The molecule has 0 atom stereocenters. The quantitative estimate of drug-likeness (QED) is 0.526. The van der Waals surface area contributed by atoms with E-state index >= 15 is 0 Å². The van der Waals surface area contributed by atoms with Gasteiger partial charge in [-0.25, -0.2) is 9.78 Å². The molecule has 1 aromatic heterocycles.